The van der Waals surface area contributed by atoms with Gasteiger partial charge in [-0.2, -0.15) is 0 Å². The Balaban J connectivity index is 2.65. The van der Waals surface area contributed by atoms with Crippen LogP contribution in [0, 0.1) is 0 Å². The van der Waals surface area contributed by atoms with Crippen molar-refractivity contribution < 1.29 is 14.6 Å². The van der Waals surface area contributed by atoms with Crippen LogP contribution in [-0.4, -0.2) is 28.2 Å². The fourth-order valence-electron chi connectivity index (χ4n) is 1.26. The van der Waals surface area contributed by atoms with Crippen LogP contribution in [0.15, 0.2) is 18.5 Å². The van der Waals surface area contributed by atoms with Crippen molar-refractivity contribution in [1.29, 1.82) is 0 Å². The number of nitrogens with one attached hydrogen (secondary N) is 1. The summed E-state index contributed by atoms with van der Waals surface area (Å²) in [5.41, 5.74) is 1.27. The lowest BCUT2D eigenvalue weighted by Gasteiger charge is -1.97. The number of H-pyrrole nitrogens is 1. The molecule has 0 spiro atoms. The number of aromatic carboxylic acids is 1. The molecule has 0 fully saturated rings. The maximum absolute atomic E-state index is 10.7. The molecule has 2 aromatic heterocycles. The summed E-state index contributed by atoms with van der Waals surface area (Å²) in [6, 6.07) is 1.70. The highest BCUT2D eigenvalue weighted by atomic mass is 16.5. The number of ether oxygens (including phenoxy) is 1. The molecule has 0 aliphatic rings. The third-order valence-electron chi connectivity index (χ3n) is 1.96. The predicted molar refractivity (Wildman–Crippen MR) is 49.6 cm³/mol. The molecule has 0 aromatic carbocycles. The number of carboxylic acid groups (broad SMARTS) is 1. The van der Waals surface area contributed by atoms with Gasteiger partial charge in [-0.15, -0.1) is 0 Å². The highest BCUT2D eigenvalue weighted by Gasteiger charge is 2.11. The Hall–Kier alpha value is -2.04. The van der Waals surface area contributed by atoms with E-state index in [0.717, 1.165) is 0 Å². The summed E-state index contributed by atoms with van der Waals surface area (Å²) in [6.07, 6.45) is 2.90. The first-order chi connectivity index (χ1) is 6.72. The zero-order valence-electron chi connectivity index (χ0n) is 7.44. The molecule has 0 bridgehead atoms. The molecule has 5 nitrogen and oxygen atoms in total. The fourth-order valence-corrected chi connectivity index (χ4v) is 1.26. The van der Waals surface area contributed by atoms with Gasteiger partial charge in [0.05, 0.1) is 18.8 Å². The minimum atomic E-state index is -0.992. The fraction of sp³-hybridized carbons (Fsp3) is 0.111. The summed E-state index contributed by atoms with van der Waals surface area (Å²) in [5, 5.41) is 8.81. The molecule has 2 heterocycles. The van der Waals surface area contributed by atoms with E-state index in [2.05, 4.69) is 9.97 Å². The van der Waals surface area contributed by atoms with E-state index >= 15 is 0 Å². The first kappa shape index (κ1) is 8.55. The SMILES string of the molecule is COc1cnc2c(C(=O)O)c[nH]c2c1. The Bertz CT molecular complexity index is 490. The average molecular weight is 192 g/mol. The van der Waals surface area contributed by atoms with Crippen molar-refractivity contribution in [1.82, 2.24) is 9.97 Å². The topological polar surface area (TPSA) is 75.2 Å². The van der Waals surface area contributed by atoms with Crippen LogP contribution < -0.4 is 4.74 Å². The van der Waals surface area contributed by atoms with E-state index in [1.54, 1.807) is 6.07 Å². The Labute approximate surface area is 79.3 Å². The molecule has 0 aliphatic carbocycles. The summed E-state index contributed by atoms with van der Waals surface area (Å²) in [6.45, 7) is 0. The second kappa shape index (κ2) is 3.02. The highest BCUT2D eigenvalue weighted by molar-refractivity contribution is 6.01. The monoisotopic (exact) mass is 192 g/mol. The molecule has 0 radical (unpaired) electrons. The van der Waals surface area contributed by atoms with E-state index in [0.29, 0.717) is 16.8 Å². The van der Waals surface area contributed by atoms with Gasteiger partial charge < -0.3 is 14.8 Å². The maximum atomic E-state index is 10.7. The van der Waals surface area contributed by atoms with Crippen LogP contribution >= 0.6 is 0 Å². The minimum Gasteiger partial charge on any atom is -0.495 e. The highest BCUT2D eigenvalue weighted by Crippen LogP contribution is 2.20. The Morgan fingerprint density at radius 1 is 1.64 bits per heavy atom. The third-order valence-corrected chi connectivity index (χ3v) is 1.96. The molecular formula is C9H8N2O3. The molecule has 0 amide bonds. The molecule has 72 valence electrons. The molecule has 0 saturated carbocycles. The zero-order valence-corrected chi connectivity index (χ0v) is 7.44. The second-order valence-electron chi connectivity index (χ2n) is 2.78. The Morgan fingerprint density at radius 3 is 3.07 bits per heavy atom. The van der Waals surface area contributed by atoms with Crippen molar-refractivity contribution in [3.8, 4) is 5.75 Å². The smallest absolute Gasteiger partial charge is 0.339 e. The summed E-state index contributed by atoms with van der Waals surface area (Å²) < 4.78 is 4.96. The normalized spacial score (nSPS) is 10.4. The van der Waals surface area contributed by atoms with E-state index in [1.165, 1.54) is 19.5 Å². The molecule has 0 saturated heterocycles. The number of pyridine rings is 1. The van der Waals surface area contributed by atoms with Crippen LogP contribution in [0.1, 0.15) is 10.4 Å². The lowest BCUT2D eigenvalue weighted by atomic mass is 10.2. The first-order valence-electron chi connectivity index (χ1n) is 3.97. The number of carboxylic acids is 1. The zero-order chi connectivity index (χ0) is 10.1. The Kier molecular flexibility index (Phi) is 1.85. The summed E-state index contributed by atoms with van der Waals surface area (Å²) >= 11 is 0. The second-order valence-corrected chi connectivity index (χ2v) is 2.78. The minimum absolute atomic E-state index is 0.169. The lowest BCUT2D eigenvalue weighted by Crippen LogP contribution is -1.95. The van der Waals surface area contributed by atoms with Gasteiger partial charge in [-0.3, -0.25) is 0 Å². The van der Waals surface area contributed by atoms with E-state index in [-0.39, 0.29) is 5.56 Å². The van der Waals surface area contributed by atoms with Gasteiger partial charge in [0.1, 0.15) is 16.8 Å². The number of aromatic nitrogens is 2. The quantitative estimate of drug-likeness (QED) is 0.751. The van der Waals surface area contributed by atoms with Crippen LogP contribution in [0.5, 0.6) is 5.75 Å². The third kappa shape index (κ3) is 1.19. The molecular weight excluding hydrogens is 184 g/mol. The largest absolute Gasteiger partial charge is 0.495 e. The summed E-state index contributed by atoms with van der Waals surface area (Å²) in [5.74, 6) is -0.398. The molecule has 2 rings (SSSR count). The van der Waals surface area contributed by atoms with Crippen LogP contribution in [0.25, 0.3) is 11.0 Å². The molecule has 14 heavy (non-hydrogen) atoms. The van der Waals surface area contributed by atoms with Gasteiger partial charge in [0, 0.05) is 12.3 Å². The van der Waals surface area contributed by atoms with E-state index in [9.17, 15) is 4.79 Å². The van der Waals surface area contributed by atoms with Crippen molar-refractivity contribution in [3.05, 3.63) is 24.0 Å². The van der Waals surface area contributed by atoms with Crippen LogP contribution in [-0.2, 0) is 0 Å². The van der Waals surface area contributed by atoms with Gasteiger partial charge in [-0.1, -0.05) is 0 Å². The van der Waals surface area contributed by atoms with Gasteiger partial charge in [-0.25, -0.2) is 9.78 Å². The number of rotatable bonds is 2. The molecule has 5 heteroatoms. The van der Waals surface area contributed by atoms with Gasteiger partial charge in [0.25, 0.3) is 0 Å². The van der Waals surface area contributed by atoms with Gasteiger partial charge in [0.15, 0.2) is 0 Å². The van der Waals surface area contributed by atoms with Gasteiger partial charge in [0.2, 0.25) is 0 Å². The van der Waals surface area contributed by atoms with Gasteiger partial charge in [-0.05, 0) is 0 Å². The number of hydrogen-bond donors (Lipinski definition) is 2. The number of aromatic amines is 1. The van der Waals surface area contributed by atoms with E-state index in [4.69, 9.17) is 9.84 Å². The summed E-state index contributed by atoms with van der Waals surface area (Å²) in [7, 11) is 1.53. The van der Waals surface area contributed by atoms with Crippen molar-refractivity contribution in [2.75, 3.05) is 7.11 Å². The number of hydrogen-bond acceptors (Lipinski definition) is 3. The molecule has 0 aliphatic heterocycles. The van der Waals surface area contributed by atoms with Crippen molar-refractivity contribution in [2.45, 2.75) is 0 Å². The summed E-state index contributed by atoms with van der Waals surface area (Å²) in [4.78, 5) is 17.6. The van der Waals surface area contributed by atoms with Crippen LogP contribution in [0.2, 0.25) is 0 Å². The van der Waals surface area contributed by atoms with Crippen molar-refractivity contribution in [2.24, 2.45) is 0 Å². The van der Waals surface area contributed by atoms with E-state index in [1.807, 2.05) is 0 Å². The Morgan fingerprint density at radius 2 is 2.43 bits per heavy atom. The number of fused-ring (bicyclic) bond motifs is 1. The molecule has 0 unspecified atom stereocenters. The molecule has 0 atom stereocenters. The number of nitrogens with zero attached hydrogens (tertiary/aromatic N) is 1. The van der Waals surface area contributed by atoms with Crippen molar-refractivity contribution >= 4 is 17.0 Å². The number of methoxy groups -OCH3 is 1. The molecule has 2 aromatic rings. The predicted octanol–water partition coefficient (Wildman–Crippen LogP) is 1.27. The first-order valence-corrected chi connectivity index (χ1v) is 3.97. The maximum Gasteiger partial charge on any atom is 0.339 e. The lowest BCUT2D eigenvalue weighted by molar-refractivity contribution is 0.0699. The number of carbonyl (C=O) groups is 1. The van der Waals surface area contributed by atoms with E-state index < -0.39 is 5.97 Å². The average Bonchev–Trinajstić information content (AvgIpc) is 2.59. The van der Waals surface area contributed by atoms with Crippen LogP contribution in [0.3, 0.4) is 0 Å². The van der Waals surface area contributed by atoms with Gasteiger partial charge >= 0.3 is 5.97 Å². The standard InChI is InChI=1S/C9H8N2O3/c1-14-5-2-7-8(11-3-5)6(4-10-7)9(12)13/h2-4,10H,1H3,(H,12,13). The van der Waals surface area contributed by atoms with Crippen molar-refractivity contribution in [3.63, 3.8) is 0 Å². The molecule has 2 N–H and O–H groups in total. The van der Waals surface area contributed by atoms with Crippen LogP contribution in [0.4, 0.5) is 0 Å².